The average Bonchev–Trinajstić information content (AvgIpc) is 3.27. The highest BCUT2D eigenvalue weighted by atomic mass is 16.5. The number of nitrogens with one attached hydrogen (secondary N) is 2. The largest absolute Gasteiger partial charge is 0.504 e. The number of hydrogen-bond acceptors (Lipinski definition) is 6. The number of carbonyl (C=O) groups is 1. The summed E-state index contributed by atoms with van der Waals surface area (Å²) in [5.74, 6) is 0.907. The molecule has 0 unspecified atom stereocenters. The van der Waals surface area contributed by atoms with E-state index in [1.807, 2.05) is 12.1 Å². The van der Waals surface area contributed by atoms with Crippen LogP contribution in [0, 0.1) is 0 Å². The molecule has 1 fully saturated rings. The summed E-state index contributed by atoms with van der Waals surface area (Å²) in [6.45, 7) is 0.762. The van der Waals surface area contributed by atoms with Gasteiger partial charge in [0.2, 0.25) is 0 Å². The fourth-order valence-electron chi connectivity index (χ4n) is 3.69. The first-order valence-electron chi connectivity index (χ1n) is 10.4. The van der Waals surface area contributed by atoms with Crippen LogP contribution in [0.5, 0.6) is 11.5 Å². The minimum Gasteiger partial charge on any atom is -0.504 e. The molecule has 8 heteroatoms. The van der Waals surface area contributed by atoms with Gasteiger partial charge in [-0.05, 0) is 48.7 Å². The van der Waals surface area contributed by atoms with E-state index in [-0.39, 0.29) is 17.8 Å². The molecule has 3 N–H and O–H groups in total. The lowest BCUT2D eigenvalue weighted by Crippen LogP contribution is -2.36. The number of methoxy groups -OCH3 is 1. The Morgan fingerprint density at radius 1 is 1.10 bits per heavy atom. The summed E-state index contributed by atoms with van der Waals surface area (Å²) in [6.07, 6.45) is 6.11. The number of aromatic nitrogens is 2. The number of carbonyl (C=O) groups excluding carboxylic acids is 1. The van der Waals surface area contributed by atoms with Gasteiger partial charge in [0.1, 0.15) is 12.4 Å². The Kier molecular flexibility index (Phi) is 6.47. The van der Waals surface area contributed by atoms with Crippen molar-refractivity contribution in [1.29, 1.82) is 0 Å². The number of rotatable bonds is 7. The molecule has 0 atom stereocenters. The average molecular weight is 422 g/mol. The van der Waals surface area contributed by atoms with Crippen molar-refractivity contribution in [1.82, 2.24) is 15.3 Å². The first-order valence-corrected chi connectivity index (χ1v) is 10.4. The Labute approximate surface area is 180 Å². The Bertz CT molecular complexity index is 1070. The molecular formula is C23H26N4O4. The number of benzene rings is 1. The molecular weight excluding hydrogens is 396 g/mol. The van der Waals surface area contributed by atoms with Crippen molar-refractivity contribution in [2.75, 3.05) is 25.6 Å². The maximum absolute atomic E-state index is 12.2. The van der Waals surface area contributed by atoms with E-state index in [2.05, 4.69) is 20.6 Å². The van der Waals surface area contributed by atoms with E-state index in [1.54, 1.807) is 37.6 Å². The molecule has 2 amide bonds. The number of phenols is 1. The van der Waals surface area contributed by atoms with Crippen LogP contribution in [-0.4, -0.2) is 47.5 Å². The zero-order valence-electron chi connectivity index (χ0n) is 17.4. The number of fused-ring (bicyclic) bond motifs is 1. The van der Waals surface area contributed by atoms with Crippen LogP contribution in [0.2, 0.25) is 0 Å². The lowest BCUT2D eigenvalue weighted by atomic mass is 10.1. The van der Waals surface area contributed by atoms with Crippen molar-refractivity contribution in [3.05, 3.63) is 42.6 Å². The fourth-order valence-corrected chi connectivity index (χ4v) is 3.69. The molecule has 0 saturated heterocycles. The van der Waals surface area contributed by atoms with E-state index < -0.39 is 0 Å². The van der Waals surface area contributed by atoms with E-state index in [0.717, 1.165) is 42.3 Å². The standard InChI is InChI=1S/C23H26N4O4/c1-30-10-11-31-21-13-15(6-8-20(21)28)16-12-19-18(24-14-16)7-9-22(26-19)27-23(29)25-17-4-2-3-5-17/h6-9,12-14,17,28H,2-5,10-11H2,1H3,(H2,25,26,27,29). The van der Waals surface area contributed by atoms with Gasteiger partial charge in [0.15, 0.2) is 11.5 Å². The molecule has 0 radical (unpaired) electrons. The predicted octanol–water partition coefficient (Wildman–Crippen LogP) is 4.09. The highest BCUT2D eigenvalue weighted by Crippen LogP contribution is 2.32. The van der Waals surface area contributed by atoms with Gasteiger partial charge in [0, 0.05) is 24.9 Å². The van der Waals surface area contributed by atoms with E-state index >= 15 is 0 Å². The van der Waals surface area contributed by atoms with Crippen LogP contribution >= 0.6 is 0 Å². The second-order valence-corrected chi connectivity index (χ2v) is 7.56. The molecule has 1 aromatic carbocycles. The second-order valence-electron chi connectivity index (χ2n) is 7.56. The van der Waals surface area contributed by atoms with Crippen molar-refractivity contribution in [2.24, 2.45) is 0 Å². The molecule has 31 heavy (non-hydrogen) atoms. The molecule has 1 saturated carbocycles. The van der Waals surface area contributed by atoms with Gasteiger partial charge in [-0.15, -0.1) is 0 Å². The van der Waals surface area contributed by atoms with Gasteiger partial charge >= 0.3 is 6.03 Å². The minimum atomic E-state index is -0.237. The van der Waals surface area contributed by atoms with E-state index in [4.69, 9.17) is 9.47 Å². The van der Waals surface area contributed by atoms with Crippen LogP contribution in [-0.2, 0) is 4.74 Å². The summed E-state index contributed by atoms with van der Waals surface area (Å²) in [7, 11) is 1.59. The van der Waals surface area contributed by atoms with Crippen molar-refractivity contribution in [3.63, 3.8) is 0 Å². The van der Waals surface area contributed by atoms with Crippen molar-refractivity contribution >= 4 is 22.9 Å². The van der Waals surface area contributed by atoms with Crippen molar-refractivity contribution < 1.29 is 19.4 Å². The normalized spacial score (nSPS) is 14.0. The number of amides is 2. The summed E-state index contributed by atoms with van der Waals surface area (Å²) in [6, 6.07) is 10.6. The lowest BCUT2D eigenvalue weighted by Gasteiger charge is -2.13. The maximum atomic E-state index is 12.2. The SMILES string of the molecule is COCCOc1cc(-c2cnc3ccc(NC(=O)NC4CCCC4)nc3c2)ccc1O. The highest BCUT2D eigenvalue weighted by molar-refractivity contribution is 5.90. The first kappa shape index (κ1) is 20.9. The Morgan fingerprint density at radius 3 is 2.74 bits per heavy atom. The molecule has 3 aromatic rings. The molecule has 0 aliphatic heterocycles. The van der Waals surface area contributed by atoms with E-state index in [1.165, 1.54) is 0 Å². The molecule has 2 aromatic heterocycles. The Hall–Kier alpha value is -3.39. The van der Waals surface area contributed by atoms with E-state index in [0.29, 0.717) is 30.3 Å². The molecule has 0 spiro atoms. The van der Waals surface area contributed by atoms with Crippen LogP contribution < -0.4 is 15.4 Å². The molecule has 8 nitrogen and oxygen atoms in total. The molecule has 162 valence electrons. The summed E-state index contributed by atoms with van der Waals surface area (Å²) in [5.41, 5.74) is 3.04. The number of phenolic OH excluding ortho intramolecular Hbond substituents is 1. The van der Waals surface area contributed by atoms with Gasteiger partial charge in [-0.3, -0.25) is 10.3 Å². The molecule has 2 heterocycles. The van der Waals surface area contributed by atoms with Crippen LogP contribution in [0.15, 0.2) is 42.6 Å². The zero-order chi connectivity index (χ0) is 21.6. The van der Waals surface area contributed by atoms with Crippen molar-refractivity contribution in [2.45, 2.75) is 31.7 Å². The summed E-state index contributed by atoms with van der Waals surface area (Å²) in [5, 5.41) is 15.8. The highest BCUT2D eigenvalue weighted by Gasteiger charge is 2.17. The number of hydrogen-bond donors (Lipinski definition) is 3. The molecule has 1 aliphatic carbocycles. The predicted molar refractivity (Wildman–Crippen MR) is 118 cm³/mol. The third kappa shape index (κ3) is 5.21. The molecule has 0 bridgehead atoms. The van der Waals surface area contributed by atoms with Crippen LogP contribution in [0.25, 0.3) is 22.2 Å². The van der Waals surface area contributed by atoms with E-state index in [9.17, 15) is 9.90 Å². The van der Waals surface area contributed by atoms with Crippen LogP contribution in [0.1, 0.15) is 25.7 Å². The van der Waals surface area contributed by atoms with Gasteiger partial charge in [0.05, 0.1) is 17.6 Å². The smallest absolute Gasteiger partial charge is 0.320 e. The number of aromatic hydroxyl groups is 1. The summed E-state index contributed by atoms with van der Waals surface area (Å²) in [4.78, 5) is 21.3. The second kappa shape index (κ2) is 9.61. The molecule has 4 rings (SSSR count). The topological polar surface area (TPSA) is 106 Å². The zero-order valence-corrected chi connectivity index (χ0v) is 17.4. The lowest BCUT2D eigenvalue weighted by molar-refractivity contribution is 0.144. The number of ether oxygens (including phenoxy) is 2. The van der Waals surface area contributed by atoms with Crippen molar-refractivity contribution in [3.8, 4) is 22.6 Å². The van der Waals surface area contributed by atoms with Gasteiger partial charge in [-0.25, -0.2) is 9.78 Å². The number of nitrogens with zero attached hydrogens (tertiary/aromatic N) is 2. The summed E-state index contributed by atoms with van der Waals surface area (Å²) < 4.78 is 10.6. The first-order chi connectivity index (χ1) is 15.1. The minimum absolute atomic E-state index is 0.0616. The molecule has 1 aliphatic rings. The number of anilines is 1. The number of urea groups is 1. The fraction of sp³-hybridized carbons (Fsp3) is 0.348. The Morgan fingerprint density at radius 2 is 1.94 bits per heavy atom. The van der Waals surface area contributed by atoms with Gasteiger partial charge in [0.25, 0.3) is 0 Å². The third-order valence-electron chi connectivity index (χ3n) is 5.31. The van der Waals surface area contributed by atoms with Crippen LogP contribution in [0.4, 0.5) is 10.6 Å². The van der Waals surface area contributed by atoms with Gasteiger partial charge in [-0.2, -0.15) is 0 Å². The van der Waals surface area contributed by atoms with Gasteiger partial charge < -0.3 is 19.9 Å². The Balaban J connectivity index is 1.53. The van der Waals surface area contributed by atoms with Crippen LogP contribution in [0.3, 0.4) is 0 Å². The maximum Gasteiger partial charge on any atom is 0.320 e. The quantitative estimate of drug-likeness (QED) is 0.495. The summed E-state index contributed by atoms with van der Waals surface area (Å²) >= 11 is 0. The third-order valence-corrected chi connectivity index (χ3v) is 5.31. The van der Waals surface area contributed by atoms with Gasteiger partial charge in [-0.1, -0.05) is 18.9 Å². The monoisotopic (exact) mass is 422 g/mol. The number of pyridine rings is 2.